The molecule has 0 aliphatic carbocycles. The van der Waals surface area contributed by atoms with Crippen LogP contribution in [-0.2, 0) is 0 Å². The molecule has 0 radical (unpaired) electrons. The Bertz CT molecular complexity index is 469. The topological polar surface area (TPSA) is 66.0 Å². The smallest absolute Gasteiger partial charge is 0.253 e. The quantitative estimate of drug-likeness (QED) is 0.800. The van der Waals surface area contributed by atoms with Crippen molar-refractivity contribution in [1.82, 2.24) is 4.57 Å². The summed E-state index contributed by atoms with van der Waals surface area (Å²) >= 11 is 0. The Morgan fingerprint density at radius 3 is 2.73 bits per heavy atom. The minimum Gasteiger partial charge on any atom is -0.493 e. The molecule has 0 aliphatic heterocycles. The number of nitrogens with zero attached hydrogens (tertiary/aromatic N) is 2. The van der Waals surface area contributed by atoms with E-state index in [1.807, 2.05) is 19.9 Å². The molecular formula is C11H14N2O2. The Morgan fingerprint density at radius 1 is 1.67 bits per heavy atom. The number of pyridine rings is 1. The Morgan fingerprint density at radius 2 is 2.27 bits per heavy atom. The maximum atomic E-state index is 11.6. The number of nitriles is 1. The van der Waals surface area contributed by atoms with Gasteiger partial charge in [-0.3, -0.25) is 9.36 Å². The molecule has 0 spiro atoms. The van der Waals surface area contributed by atoms with Gasteiger partial charge in [0.25, 0.3) is 5.56 Å². The van der Waals surface area contributed by atoms with Crippen LogP contribution in [0.5, 0.6) is 5.88 Å². The molecule has 15 heavy (non-hydrogen) atoms. The summed E-state index contributed by atoms with van der Waals surface area (Å²) in [6.07, 6.45) is 0.724. The highest BCUT2D eigenvalue weighted by molar-refractivity contribution is 5.43. The Hall–Kier alpha value is -1.76. The third-order valence-corrected chi connectivity index (χ3v) is 2.57. The molecule has 0 amide bonds. The highest BCUT2D eigenvalue weighted by Crippen LogP contribution is 2.22. The zero-order valence-corrected chi connectivity index (χ0v) is 9.11. The fraction of sp³-hybridized carbons (Fsp3) is 0.455. The zero-order chi connectivity index (χ0) is 11.6. The van der Waals surface area contributed by atoms with E-state index in [0.717, 1.165) is 6.42 Å². The second-order valence-electron chi connectivity index (χ2n) is 3.60. The molecule has 1 atom stereocenters. The van der Waals surface area contributed by atoms with Crippen LogP contribution in [0.1, 0.15) is 37.4 Å². The summed E-state index contributed by atoms with van der Waals surface area (Å²) in [5.74, 6) is -0.225. The van der Waals surface area contributed by atoms with Gasteiger partial charge >= 0.3 is 0 Å². The second-order valence-corrected chi connectivity index (χ2v) is 3.60. The average Bonchev–Trinajstić information content (AvgIpc) is 2.17. The number of hydrogen-bond acceptors (Lipinski definition) is 3. The van der Waals surface area contributed by atoms with E-state index in [9.17, 15) is 9.90 Å². The largest absolute Gasteiger partial charge is 0.493 e. The van der Waals surface area contributed by atoms with Crippen LogP contribution in [-0.4, -0.2) is 9.67 Å². The molecule has 1 rings (SSSR count). The molecule has 0 bridgehead atoms. The molecule has 1 N–H and O–H groups in total. The minimum atomic E-state index is -0.265. The van der Waals surface area contributed by atoms with Crippen LogP contribution < -0.4 is 5.56 Å². The molecule has 0 fully saturated rings. The molecule has 0 saturated carbocycles. The number of hydrogen-bond donors (Lipinski definition) is 1. The number of aryl methyl sites for hydroxylation is 1. The van der Waals surface area contributed by atoms with Crippen LogP contribution in [0.3, 0.4) is 0 Å². The molecule has 0 saturated heterocycles. The van der Waals surface area contributed by atoms with E-state index >= 15 is 0 Å². The summed E-state index contributed by atoms with van der Waals surface area (Å²) in [4.78, 5) is 11.6. The van der Waals surface area contributed by atoms with E-state index in [4.69, 9.17) is 5.26 Å². The lowest BCUT2D eigenvalue weighted by molar-refractivity contribution is 0.372. The first-order valence-electron chi connectivity index (χ1n) is 4.88. The van der Waals surface area contributed by atoms with Gasteiger partial charge in [-0.05, 0) is 25.8 Å². The lowest BCUT2D eigenvalue weighted by Crippen LogP contribution is -2.23. The first kappa shape index (κ1) is 11.3. The summed E-state index contributed by atoms with van der Waals surface area (Å²) in [7, 11) is 0. The standard InChI is InChI=1S/C11H14N2O2/c1-4-8(3)13-10(14)5-7(2)9(6-12)11(13)15/h5,8,15H,4H2,1-3H3/t8-/m1/s1. The third kappa shape index (κ3) is 1.86. The van der Waals surface area contributed by atoms with Crippen LogP contribution in [0.15, 0.2) is 10.9 Å². The van der Waals surface area contributed by atoms with Gasteiger partial charge in [0.1, 0.15) is 11.6 Å². The van der Waals surface area contributed by atoms with E-state index in [0.29, 0.717) is 5.56 Å². The molecule has 0 unspecified atom stereocenters. The summed E-state index contributed by atoms with van der Waals surface area (Å²) in [5.41, 5.74) is 0.424. The highest BCUT2D eigenvalue weighted by atomic mass is 16.3. The predicted octanol–water partition coefficient (Wildman–Crippen LogP) is 1.70. The van der Waals surface area contributed by atoms with Gasteiger partial charge in [0.15, 0.2) is 0 Å². The SMILES string of the molecule is CC[C@@H](C)n1c(O)c(C#N)c(C)cc1=O. The number of aromatic nitrogens is 1. The summed E-state index contributed by atoms with van der Waals surface area (Å²) in [5, 5.41) is 18.6. The summed E-state index contributed by atoms with van der Waals surface area (Å²) in [6.45, 7) is 5.39. The van der Waals surface area contributed by atoms with Crippen LogP contribution >= 0.6 is 0 Å². The van der Waals surface area contributed by atoms with Gasteiger partial charge in [0.2, 0.25) is 5.88 Å². The monoisotopic (exact) mass is 206 g/mol. The van der Waals surface area contributed by atoms with Crippen molar-refractivity contribution in [3.63, 3.8) is 0 Å². The van der Waals surface area contributed by atoms with Crippen molar-refractivity contribution in [3.05, 3.63) is 27.5 Å². The molecule has 0 aliphatic rings. The summed E-state index contributed by atoms with van der Waals surface area (Å²) in [6, 6.07) is 3.17. The fourth-order valence-corrected chi connectivity index (χ4v) is 1.47. The summed E-state index contributed by atoms with van der Waals surface area (Å²) < 4.78 is 1.26. The van der Waals surface area contributed by atoms with Crippen LogP contribution in [0.25, 0.3) is 0 Å². The van der Waals surface area contributed by atoms with Gasteiger partial charge in [-0.25, -0.2) is 0 Å². The zero-order valence-electron chi connectivity index (χ0n) is 9.11. The maximum absolute atomic E-state index is 11.6. The predicted molar refractivity (Wildman–Crippen MR) is 56.8 cm³/mol. The first-order valence-corrected chi connectivity index (χ1v) is 4.88. The average molecular weight is 206 g/mol. The molecular weight excluding hydrogens is 192 g/mol. The number of rotatable bonds is 2. The van der Waals surface area contributed by atoms with Crippen molar-refractivity contribution < 1.29 is 5.11 Å². The van der Waals surface area contributed by atoms with Gasteiger partial charge in [0.05, 0.1) is 0 Å². The van der Waals surface area contributed by atoms with Crippen molar-refractivity contribution in [2.45, 2.75) is 33.2 Å². The van der Waals surface area contributed by atoms with Crippen molar-refractivity contribution >= 4 is 0 Å². The molecule has 80 valence electrons. The van der Waals surface area contributed by atoms with Gasteiger partial charge in [-0.2, -0.15) is 5.26 Å². The van der Waals surface area contributed by atoms with Gasteiger partial charge in [-0.15, -0.1) is 0 Å². The molecule has 1 heterocycles. The van der Waals surface area contributed by atoms with E-state index in [1.54, 1.807) is 6.92 Å². The van der Waals surface area contributed by atoms with Gasteiger partial charge in [0, 0.05) is 12.1 Å². The first-order chi connectivity index (χ1) is 7.02. The maximum Gasteiger partial charge on any atom is 0.253 e. The molecule has 1 aromatic heterocycles. The van der Waals surface area contributed by atoms with E-state index in [1.165, 1.54) is 10.6 Å². The van der Waals surface area contributed by atoms with E-state index in [2.05, 4.69) is 0 Å². The molecule has 4 heteroatoms. The van der Waals surface area contributed by atoms with Crippen molar-refractivity contribution in [1.29, 1.82) is 5.26 Å². The lowest BCUT2D eigenvalue weighted by Gasteiger charge is -2.16. The molecule has 0 aromatic carbocycles. The normalized spacial score (nSPS) is 12.1. The van der Waals surface area contributed by atoms with Crippen LogP contribution in [0, 0.1) is 18.3 Å². The fourth-order valence-electron chi connectivity index (χ4n) is 1.47. The molecule has 4 nitrogen and oxygen atoms in total. The van der Waals surface area contributed by atoms with Gasteiger partial charge in [-0.1, -0.05) is 6.92 Å². The van der Waals surface area contributed by atoms with E-state index in [-0.39, 0.29) is 23.0 Å². The second kappa shape index (κ2) is 4.18. The molecule has 1 aromatic rings. The van der Waals surface area contributed by atoms with Crippen molar-refractivity contribution in [2.75, 3.05) is 0 Å². The lowest BCUT2D eigenvalue weighted by atomic mass is 10.1. The van der Waals surface area contributed by atoms with Crippen molar-refractivity contribution in [2.24, 2.45) is 0 Å². The Balaban J connectivity index is 3.55. The van der Waals surface area contributed by atoms with Crippen molar-refractivity contribution in [3.8, 4) is 11.9 Å². The Labute approximate surface area is 88.4 Å². The van der Waals surface area contributed by atoms with Crippen LogP contribution in [0.2, 0.25) is 0 Å². The van der Waals surface area contributed by atoms with Gasteiger partial charge < -0.3 is 5.11 Å². The minimum absolute atomic E-state index is 0.106. The van der Waals surface area contributed by atoms with Crippen LogP contribution in [0.4, 0.5) is 0 Å². The third-order valence-electron chi connectivity index (χ3n) is 2.57. The van der Waals surface area contributed by atoms with E-state index < -0.39 is 0 Å². The highest BCUT2D eigenvalue weighted by Gasteiger charge is 2.15. The number of aromatic hydroxyl groups is 1. The Kier molecular flexibility index (Phi) is 3.15.